The lowest BCUT2D eigenvalue weighted by molar-refractivity contribution is -0.121. The number of carbonyl (C=O) groups excluding carboxylic acids is 2. The number of carbonyl (C=O) groups is 2. The molecular formula is C23H34FN3O5S. The van der Waals surface area contributed by atoms with Crippen LogP contribution >= 0.6 is 0 Å². The van der Waals surface area contributed by atoms with Crippen molar-refractivity contribution < 1.29 is 27.1 Å². The minimum atomic E-state index is -3.52. The fourth-order valence-corrected chi connectivity index (χ4v) is 5.64. The van der Waals surface area contributed by atoms with Crippen molar-refractivity contribution in [2.45, 2.75) is 64.3 Å². The molecule has 0 aromatic heterocycles. The van der Waals surface area contributed by atoms with Gasteiger partial charge in [0.05, 0.1) is 12.4 Å². The summed E-state index contributed by atoms with van der Waals surface area (Å²) >= 11 is 0. The van der Waals surface area contributed by atoms with Crippen LogP contribution in [0.25, 0.3) is 0 Å². The second kappa shape index (κ2) is 11.8. The molecule has 1 aromatic rings. The van der Waals surface area contributed by atoms with Crippen LogP contribution in [-0.4, -0.2) is 50.7 Å². The molecule has 2 fully saturated rings. The van der Waals surface area contributed by atoms with Gasteiger partial charge in [0, 0.05) is 25.6 Å². The molecule has 0 unspecified atom stereocenters. The zero-order chi connectivity index (χ0) is 23.8. The first-order valence-electron chi connectivity index (χ1n) is 11.7. The van der Waals surface area contributed by atoms with E-state index in [2.05, 4.69) is 10.0 Å². The van der Waals surface area contributed by atoms with Crippen LogP contribution in [0.1, 0.15) is 69.9 Å². The standard InChI is InChI=1S/C23H34FN3O5S/c1-17(19-9-10-20(24)21(15-19)32-16-18-7-3-4-8-18)26-33(30,31)14-6-2-5-12-27-13-11-22(28)25-23(27)29/h9-10,15,17-18,26H,2-8,11-14,16H2,1H3,(H,25,28,29)/t17-/m1/s1. The number of rotatable bonds is 12. The highest BCUT2D eigenvalue weighted by Gasteiger charge is 2.22. The van der Waals surface area contributed by atoms with Gasteiger partial charge in [-0.25, -0.2) is 22.3 Å². The molecule has 8 nitrogen and oxygen atoms in total. The van der Waals surface area contributed by atoms with Gasteiger partial charge in [-0.3, -0.25) is 10.1 Å². The van der Waals surface area contributed by atoms with E-state index in [1.165, 1.54) is 18.9 Å². The fraction of sp³-hybridized carbons (Fsp3) is 0.652. The lowest BCUT2D eigenvalue weighted by Crippen LogP contribution is -2.49. The summed E-state index contributed by atoms with van der Waals surface area (Å²) in [5.74, 6) is -0.131. The molecule has 1 atom stereocenters. The monoisotopic (exact) mass is 483 g/mol. The first kappa shape index (κ1) is 25.4. The number of nitrogens with zero attached hydrogens (tertiary/aromatic N) is 1. The first-order valence-corrected chi connectivity index (χ1v) is 13.4. The highest BCUT2D eigenvalue weighted by molar-refractivity contribution is 7.89. The normalized spacial score (nSPS) is 18.4. The Balaban J connectivity index is 1.41. The third-order valence-corrected chi connectivity index (χ3v) is 7.78. The molecule has 0 spiro atoms. The van der Waals surface area contributed by atoms with E-state index in [1.54, 1.807) is 24.0 Å². The number of imide groups is 1. The van der Waals surface area contributed by atoms with Crippen LogP contribution in [0.5, 0.6) is 5.75 Å². The van der Waals surface area contributed by atoms with E-state index >= 15 is 0 Å². The van der Waals surface area contributed by atoms with Gasteiger partial charge in [0.2, 0.25) is 15.9 Å². The Morgan fingerprint density at radius 1 is 1.21 bits per heavy atom. The zero-order valence-corrected chi connectivity index (χ0v) is 20.0. The van der Waals surface area contributed by atoms with E-state index in [0.29, 0.717) is 56.9 Å². The quantitative estimate of drug-likeness (QED) is 0.443. The Morgan fingerprint density at radius 3 is 2.70 bits per heavy atom. The first-order chi connectivity index (χ1) is 15.7. The van der Waals surface area contributed by atoms with Crippen molar-refractivity contribution >= 4 is 22.0 Å². The van der Waals surface area contributed by atoms with Crippen LogP contribution in [0, 0.1) is 11.7 Å². The van der Waals surface area contributed by atoms with Crippen LogP contribution in [-0.2, 0) is 14.8 Å². The van der Waals surface area contributed by atoms with Crippen molar-refractivity contribution in [3.63, 3.8) is 0 Å². The van der Waals surface area contributed by atoms with Gasteiger partial charge in [-0.05, 0) is 56.2 Å². The van der Waals surface area contributed by atoms with Gasteiger partial charge in [-0.15, -0.1) is 0 Å². The fourth-order valence-electron chi connectivity index (χ4n) is 4.26. The van der Waals surface area contributed by atoms with Crippen molar-refractivity contribution in [3.8, 4) is 5.75 Å². The van der Waals surface area contributed by atoms with Crippen LogP contribution in [0.4, 0.5) is 9.18 Å². The van der Waals surface area contributed by atoms with E-state index in [1.807, 2.05) is 0 Å². The second-order valence-electron chi connectivity index (χ2n) is 8.96. The highest BCUT2D eigenvalue weighted by atomic mass is 32.2. The van der Waals surface area contributed by atoms with Crippen LogP contribution in [0.15, 0.2) is 18.2 Å². The summed E-state index contributed by atoms with van der Waals surface area (Å²) in [6, 6.07) is 3.55. The molecule has 1 saturated carbocycles. The van der Waals surface area contributed by atoms with Gasteiger partial charge < -0.3 is 9.64 Å². The molecule has 1 aliphatic carbocycles. The smallest absolute Gasteiger partial charge is 0.324 e. The molecule has 33 heavy (non-hydrogen) atoms. The van der Waals surface area contributed by atoms with Gasteiger partial charge in [-0.1, -0.05) is 25.3 Å². The molecule has 2 aliphatic rings. The topological polar surface area (TPSA) is 105 Å². The van der Waals surface area contributed by atoms with E-state index in [0.717, 1.165) is 12.8 Å². The van der Waals surface area contributed by atoms with Gasteiger partial charge in [0.15, 0.2) is 11.6 Å². The predicted molar refractivity (Wildman–Crippen MR) is 123 cm³/mol. The summed E-state index contributed by atoms with van der Waals surface area (Å²) in [5, 5.41) is 2.27. The van der Waals surface area contributed by atoms with Gasteiger partial charge >= 0.3 is 6.03 Å². The minimum absolute atomic E-state index is 0.0335. The summed E-state index contributed by atoms with van der Waals surface area (Å²) in [5.41, 5.74) is 0.645. The van der Waals surface area contributed by atoms with E-state index in [4.69, 9.17) is 4.74 Å². The molecule has 184 valence electrons. The number of nitrogens with one attached hydrogen (secondary N) is 2. The molecule has 1 aliphatic heterocycles. The largest absolute Gasteiger partial charge is 0.490 e. The number of benzene rings is 1. The maximum absolute atomic E-state index is 14.2. The molecule has 10 heteroatoms. The van der Waals surface area contributed by atoms with Crippen LogP contribution in [0.2, 0.25) is 0 Å². The van der Waals surface area contributed by atoms with Crippen molar-refractivity contribution in [2.24, 2.45) is 5.92 Å². The van der Waals surface area contributed by atoms with E-state index in [-0.39, 0.29) is 23.4 Å². The number of unbranched alkanes of at least 4 members (excludes halogenated alkanes) is 2. The minimum Gasteiger partial charge on any atom is -0.490 e. The maximum Gasteiger partial charge on any atom is 0.324 e. The van der Waals surface area contributed by atoms with Crippen molar-refractivity contribution in [2.75, 3.05) is 25.4 Å². The Labute approximate surface area is 195 Å². The van der Waals surface area contributed by atoms with E-state index in [9.17, 15) is 22.4 Å². The SMILES string of the molecule is C[C@@H](NS(=O)(=O)CCCCCN1CCC(=O)NC1=O)c1ccc(F)c(OCC2CCCC2)c1. The Bertz CT molecular complexity index is 934. The van der Waals surface area contributed by atoms with Crippen molar-refractivity contribution in [3.05, 3.63) is 29.6 Å². The number of amides is 3. The number of sulfonamides is 1. The lowest BCUT2D eigenvalue weighted by Gasteiger charge is -2.26. The van der Waals surface area contributed by atoms with Crippen LogP contribution < -0.4 is 14.8 Å². The van der Waals surface area contributed by atoms with Gasteiger partial charge in [-0.2, -0.15) is 0 Å². The summed E-state index contributed by atoms with van der Waals surface area (Å²) in [4.78, 5) is 24.4. The van der Waals surface area contributed by atoms with Gasteiger partial charge in [0.1, 0.15) is 0 Å². The molecule has 1 saturated heterocycles. The van der Waals surface area contributed by atoms with E-state index < -0.39 is 21.9 Å². The van der Waals surface area contributed by atoms with Crippen molar-refractivity contribution in [1.29, 1.82) is 0 Å². The summed E-state index contributed by atoms with van der Waals surface area (Å²) in [7, 11) is -3.52. The molecule has 1 aromatic carbocycles. The Morgan fingerprint density at radius 2 is 1.97 bits per heavy atom. The molecule has 0 radical (unpaired) electrons. The molecule has 0 bridgehead atoms. The Kier molecular flexibility index (Phi) is 9.08. The van der Waals surface area contributed by atoms with Crippen molar-refractivity contribution in [1.82, 2.24) is 14.9 Å². The number of hydrogen-bond donors (Lipinski definition) is 2. The molecule has 1 heterocycles. The number of ether oxygens (including phenoxy) is 1. The second-order valence-corrected chi connectivity index (χ2v) is 10.8. The lowest BCUT2D eigenvalue weighted by atomic mass is 10.1. The third-order valence-electron chi connectivity index (χ3n) is 6.24. The summed E-state index contributed by atoms with van der Waals surface area (Å²) in [6.45, 7) is 3.09. The zero-order valence-electron chi connectivity index (χ0n) is 19.1. The highest BCUT2D eigenvalue weighted by Crippen LogP contribution is 2.28. The number of halogens is 1. The van der Waals surface area contributed by atoms with Gasteiger partial charge in [0.25, 0.3) is 0 Å². The Hall–Kier alpha value is -2.20. The molecular weight excluding hydrogens is 449 g/mol. The summed E-state index contributed by atoms with van der Waals surface area (Å²) in [6.07, 6.45) is 6.61. The number of urea groups is 1. The molecule has 2 N–H and O–H groups in total. The average Bonchev–Trinajstić information content (AvgIpc) is 3.27. The molecule has 3 rings (SSSR count). The third kappa shape index (κ3) is 7.96. The average molecular weight is 484 g/mol. The number of hydrogen-bond acceptors (Lipinski definition) is 5. The maximum atomic E-state index is 14.2. The summed E-state index contributed by atoms with van der Waals surface area (Å²) < 4.78 is 47.5. The molecule has 3 amide bonds. The predicted octanol–water partition coefficient (Wildman–Crippen LogP) is 3.49. The van der Waals surface area contributed by atoms with Crippen LogP contribution in [0.3, 0.4) is 0 Å².